The van der Waals surface area contributed by atoms with Gasteiger partial charge in [-0.2, -0.15) is 0 Å². The number of hydrogen-bond acceptors (Lipinski definition) is 3. The summed E-state index contributed by atoms with van der Waals surface area (Å²) in [7, 11) is 1.52. The first-order valence-corrected chi connectivity index (χ1v) is 4.89. The zero-order chi connectivity index (χ0) is 12.2. The van der Waals surface area contributed by atoms with Crippen LogP contribution in [-0.2, 0) is 17.0 Å². The van der Waals surface area contributed by atoms with Crippen LogP contribution in [0.25, 0.3) is 0 Å². The van der Waals surface area contributed by atoms with Gasteiger partial charge in [-0.3, -0.25) is 0 Å². The molecule has 0 aromatic heterocycles. The molecule has 0 saturated heterocycles. The summed E-state index contributed by atoms with van der Waals surface area (Å²) < 4.78 is 18.8. The Balaban J connectivity index is 3.15. The van der Waals surface area contributed by atoms with Crippen LogP contribution in [0, 0.1) is 0 Å². The molecular formula is C12H14FNO2. The fourth-order valence-corrected chi connectivity index (χ4v) is 1.39. The van der Waals surface area contributed by atoms with Gasteiger partial charge in [0.1, 0.15) is 11.4 Å². The van der Waals surface area contributed by atoms with Crippen LogP contribution in [0.15, 0.2) is 23.2 Å². The molecule has 0 fully saturated rings. The average molecular weight is 223 g/mol. The van der Waals surface area contributed by atoms with E-state index in [9.17, 15) is 9.18 Å². The molecule has 0 unspecified atom stereocenters. The van der Waals surface area contributed by atoms with E-state index < -0.39 is 5.67 Å². The maximum Gasteiger partial charge on any atom is 0.235 e. The SMILES string of the molecule is COc1ccc(C(C)(C)F)cc1CN=C=O. The Morgan fingerprint density at radius 2 is 2.19 bits per heavy atom. The van der Waals surface area contributed by atoms with Crippen molar-refractivity contribution in [3.63, 3.8) is 0 Å². The third kappa shape index (κ3) is 2.91. The molecule has 0 aliphatic rings. The molecule has 0 bridgehead atoms. The third-order valence-corrected chi connectivity index (χ3v) is 2.28. The highest BCUT2D eigenvalue weighted by Crippen LogP contribution is 2.29. The van der Waals surface area contributed by atoms with Gasteiger partial charge in [-0.05, 0) is 31.5 Å². The van der Waals surface area contributed by atoms with Gasteiger partial charge in [-0.25, -0.2) is 14.2 Å². The molecule has 4 heteroatoms. The van der Waals surface area contributed by atoms with Gasteiger partial charge < -0.3 is 4.74 Å². The lowest BCUT2D eigenvalue weighted by molar-refractivity contribution is 0.221. The van der Waals surface area contributed by atoms with Gasteiger partial charge in [0.15, 0.2) is 0 Å². The Morgan fingerprint density at radius 3 is 2.69 bits per heavy atom. The number of hydrogen-bond donors (Lipinski definition) is 0. The Morgan fingerprint density at radius 1 is 1.50 bits per heavy atom. The van der Waals surface area contributed by atoms with Crippen LogP contribution < -0.4 is 4.74 Å². The summed E-state index contributed by atoms with van der Waals surface area (Å²) in [6.07, 6.45) is 1.45. The maximum absolute atomic E-state index is 13.7. The van der Waals surface area contributed by atoms with Gasteiger partial charge in [-0.15, -0.1) is 0 Å². The number of carbonyl (C=O) groups excluding carboxylic acids is 1. The molecule has 3 nitrogen and oxygen atoms in total. The lowest BCUT2D eigenvalue weighted by Gasteiger charge is -2.16. The molecule has 0 spiro atoms. The van der Waals surface area contributed by atoms with Gasteiger partial charge in [-0.1, -0.05) is 6.07 Å². The van der Waals surface area contributed by atoms with Crippen molar-refractivity contribution in [1.82, 2.24) is 0 Å². The molecular weight excluding hydrogens is 209 g/mol. The van der Waals surface area contributed by atoms with Crippen LogP contribution >= 0.6 is 0 Å². The topological polar surface area (TPSA) is 38.7 Å². The van der Waals surface area contributed by atoms with Crippen molar-refractivity contribution in [2.45, 2.75) is 26.1 Å². The van der Waals surface area contributed by atoms with E-state index in [0.717, 1.165) is 0 Å². The first-order valence-electron chi connectivity index (χ1n) is 4.89. The molecule has 86 valence electrons. The summed E-state index contributed by atoms with van der Waals surface area (Å²) in [6, 6.07) is 4.99. The van der Waals surface area contributed by atoms with Crippen molar-refractivity contribution in [2.24, 2.45) is 4.99 Å². The summed E-state index contributed by atoms with van der Waals surface area (Å²) in [6.45, 7) is 3.10. The minimum atomic E-state index is -1.42. The van der Waals surface area contributed by atoms with Crippen molar-refractivity contribution < 1.29 is 13.9 Å². The molecule has 0 N–H and O–H groups in total. The molecule has 0 atom stereocenters. The monoisotopic (exact) mass is 223 g/mol. The fraction of sp³-hybridized carbons (Fsp3) is 0.417. The molecule has 1 aromatic rings. The van der Waals surface area contributed by atoms with Crippen LogP contribution in [0.2, 0.25) is 0 Å². The number of ether oxygens (including phenoxy) is 1. The normalized spacial score (nSPS) is 10.8. The molecule has 1 aromatic carbocycles. The second-order valence-electron chi connectivity index (χ2n) is 3.91. The zero-order valence-corrected chi connectivity index (χ0v) is 9.58. The Kier molecular flexibility index (Phi) is 3.80. The molecule has 0 aliphatic heterocycles. The number of benzene rings is 1. The van der Waals surface area contributed by atoms with Crippen LogP contribution in [0.4, 0.5) is 4.39 Å². The fourth-order valence-electron chi connectivity index (χ4n) is 1.39. The average Bonchev–Trinajstić information content (AvgIpc) is 2.24. The quantitative estimate of drug-likeness (QED) is 0.581. The van der Waals surface area contributed by atoms with Gasteiger partial charge in [0.25, 0.3) is 0 Å². The van der Waals surface area contributed by atoms with Gasteiger partial charge >= 0.3 is 0 Å². The first kappa shape index (κ1) is 12.4. The van der Waals surface area contributed by atoms with Crippen LogP contribution in [0.1, 0.15) is 25.0 Å². The maximum atomic E-state index is 13.7. The minimum Gasteiger partial charge on any atom is -0.496 e. The number of nitrogens with zero attached hydrogens (tertiary/aromatic N) is 1. The summed E-state index contributed by atoms with van der Waals surface area (Å²) >= 11 is 0. The Labute approximate surface area is 94.0 Å². The highest BCUT2D eigenvalue weighted by Gasteiger charge is 2.20. The summed E-state index contributed by atoms with van der Waals surface area (Å²) in [5.74, 6) is 0.590. The number of methoxy groups -OCH3 is 1. The molecule has 0 saturated carbocycles. The van der Waals surface area contributed by atoms with Crippen molar-refractivity contribution in [1.29, 1.82) is 0 Å². The predicted octanol–water partition coefficient (Wildman–Crippen LogP) is 2.74. The van der Waals surface area contributed by atoms with Crippen molar-refractivity contribution in [2.75, 3.05) is 7.11 Å². The number of isocyanates is 1. The number of aliphatic imine (C=N–C) groups is 1. The van der Waals surface area contributed by atoms with Crippen molar-refractivity contribution >= 4 is 6.08 Å². The van der Waals surface area contributed by atoms with Gasteiger partial charge in [0.05, 0.1) is 13.7 Å². The Hall–Kier alpha value is -1.67. The van der Waals surface area contributed by atoms with Crippen LogP contribution in [0.5, 0.6) is 5.75 Å². The molecule has 0 amide bonds. The van der Waals surface area contributed by atoms with E-state index in [1.807, 2.05) is 0 Å². The van der Waals surface area contributed by atoms with E-state index >= 15 is 0 Å². The number of halogens is 1. The van der Waals surface area contributed by atoms with E-state index in [0.29, 0.717) is 16.9 Å². The lowest BCUT2D eigenvalue weighted by Crippen LogP contribution is -2.09. The predicted molar refractivity (Wildman–Crippen MR) is 59.0 cm³/mol. The first-order chi connectivity index (χ1) is 7.49. The molecule has 1 rings (SSSR count). The largest absolute Gasteiger partial charge is 0.496 e. The molecule has 0 aliphatic carbocycles. The lowest BCUT2D eigenvalue weighted by atomic mass is 9.97. The van der Waals surface area contributed by atoms with E-state index in [-0.39, 0.29) is 6.54 Å². The van der Waals surface area contributed by atoms with E-state index in [1.54, 1.807) is 18.2 Å². The van der Waals surface area contributed by atoms with E-state index in [1.165, 1.54) is 27.0 Å². The third-order valence-electron chi connectivity index (χ3n) is 2.28. The summed E-state index contributed by atoms with van der Waals surface area (Å²) in [4.78, 5) is 13.5. The molecule has 16 heavy (non-hydrogen) atoms. The second-order valence-corrected chi connectivity index (χ2v) is 3.91. The van der Waals surface area contributed by atoms with Crippen LogP contribution in [0.3, 0.4) is 0 Å². The van der Waals surface area contributed by atoms with E-state index in [2.05, 4.69) is 4.99 Å². The summed E-state index contributed by atoms with van der Waals surface area (Å²) in [5, 5.41) is 0. The van der Waals surface area contributed by atoms with Crippen LogP contribution in [-0.4, -0.2) is 13.2 Å². The molecule has 0 heterocycles. The smallest absolute Gasteiger partial charge is 0.235 e. The zero-order valence-electron chi connectivity index (χ0n) is 9.58. The Bertz CT molecular complexity index is 418. The summed E-state index contributed by atoms with van der Waals surface area (Å²) in [5.41, 5.74) is -0.218. The van der Waals surface area contributed by atoms with Crippen molar-refractivity contribution in [3.8, 4) is 5.75 Å². The van der Waals surface area contributed by atoms with E-state index in [4.69, 9.17) is 4.74 Å². The molecule has 0 radical (unpaired) electrons. The van der Waals surface area contributed by atoms with Gasteiger partial charge in [0, 0.05) is 5.56 Å². The minimum absolute atomic E-state index is 0.149. The number of alkyl halides is 1. The number of rotatable bonds is 4. The highest BCUT2D eigenvalue weighted by molar-refractivity contribution is 5.41. The highest BCUT2D eigenvalue weighted by atomic mass is 19.1. The second kappa shape index (κ2) is 4.90. The standard InChI is InChI=1S/C12H14FNO2/c1-12(2,13)10-4-5-11(16-3)9(6-10)7-14-8-15/h4-6H,7H2,1-3H3. The van der Waals surface area contributed by atoms with Gasteiger partial charge in [0.2, 0.25) is 6.08 Å². The van der Waals surface area contributed by atoms with Crippen molar-refractivity contribution in [3.05, 3.63) is 29.3 Å².